The number of hydrogen-bond donors (Lipinski definition) is 1. The number of carbonyl (C=O) groups is 3. The molecule has 3 aromatic rings. The summed E-state index contributed by atoms with van der Waals surface area (Å²) in [7, 11) is 3.67. The Balaban J connectivity index is 0.00000462. The van der Waals surface area contributed by atoms with E-state index in [1.807, 2.05) is 19.0 Å². The second-order valence-electron chi connectivity index (χ2n) is 9.46. The predicted molar refractivity (Wildman–Crippen MR) is 148 cm³/mol. The molecule has 4 rings (SSSR count). The van der Waals surface area contributed by atoms with Gasteiger partial charge >= 0.3 is 6.18 Å². The molecule has 0 aromatic heterocycles. The normalized spacial score (nSPS) is 14.1. The Bertz CT molecular complexity index is 1450. The van der Waals surface area contributed by atoms with E-state index in [2.05, 4.69) is 17.0 Å². The molecular weight excluding hydrogens is 521 g/mol. The monoisotopic (exact) mass is 550 g/mol. The van der Waals surface area contributed by atoms with E-state index in [0.29, 0.717) is 0 Å². The molecule has 1 aliphatic heterocycles. The molecule has 40 heavy (non-hydrogen) atoms. The van der Waals surface area contributed by atoms with Gasteiger partial charge in [0.15, 0.2) is 0 Å². The zero-order valence-electron chi connectivity index (χ0n) is 21.9. The highest BCUT2D eigenvalue weighted by atomic mass is 19.4. The highest BCUT2D eigenvalue weighted by Crippen LogP contribution is 2.33. The van der Waals surface area contributed by atoms with Crippen LogP contribution >= 0.6 is 0 Å². The summed E-state index contributed by atoms with van der Waals surface area (Å²) >= 11 is 0. The molecule has 208 valence electrons. The van der Waals surface area contributed by atoms with Gasteiger partial charge in [0.2, 0.25) is 0 Å². The van der Waals surface area contributed by atoms with Crippen molar-refractivity contribution in [3.05, 3.63) is 112 Å². The van der Waals surface area contributed by atoms with Crippen LogP contribution in [0.3, 0.4) is 0 Å². The van der Waals surface area contributed by atoms with E-state index in [1.165, 1.54) is 30.3 Å². The lowest BCUT2D eigenvalue weighted by Crippen LogP contribution is -2.47. The maximum Gasteiger partial charge on any atom is 0.416 e. The maximum absolute atomic E-state index is 13.7. The van der Waals surface area contributed by atoms with Gasteiger partial charge in [-0.15, -0.1) is 0 Å². The minimum Gasteiger partial charge on any atom is -0.376 e. The molecule has 3 aromatic carbocycles. The number of rotatable bonds is 9. The zero-order valence-corrected chi connectivity index (χ0v) is 21.9. The van der Waals surface area contributed by atoms with Crippen molar-refractivity contribution in [2.75, 3.05) is 20.6 Å². The highest BCUT2D eigenvalue weighted by molar-refractivity contribution is 6.21. The van der Waals surface area contributed by atoms with Gasteiger partial charge in [0.25, 0.3) is 17.7 Å². The van der Waals surface area contributed by atoms with Crippen LogP contribution in [0.4, 0.5) is 13.2 Å². The molecule has 0 fully saturated rings. The molecule has 3 amide bonds. The van der Waals surface area contributed by atoms with Crippen molar-refractivity contribution in [2.45, 2.75) is 18.6 Å². The lowest BCUT2D eigenvalue weighted by molar-refractivity contribution is -0.138. The van der Waals surface area contributed by atoms with E-state index in [-0.39, 0.29) is 36.6 Å². The first kappa shape index (κ1) is 28.3. The summed E-state index contributed by atoms with van der Waals surface area (Å²) in [6.45, 7) is 3.16. The third kappa shape index (κ3) is 5.96. The van der Waals surface area contributed by atoms with Gasteiger partial charge < -0.3 is 10.2 Å². The number of aliphatic imine (C=N–C) groups is 1. The lowest BCUT2D eigenvalue weighted by Gasteiger charge is -2.25. The number of imide groups is 1. The fraction of sp³-hybridized carbons (Fsp3) is 0.200. The van der Waals surface area contributed by atoms with Crippen molar-refractivity contribution in [1.29, 1.82) is 0 Å². The smallest absolute Gasteiger partial charge is 0.376 e. The van der Waals surface area contributed by atoms with Gasteiger partial charge in [0, 0.05) is 27.6 Å². The fourth-order valence-corrected chi connectivity index (χ4v) is 4.62. The summed E-state index contributed by atoms with van der Waals surface area (Å²) in [5, 5.41) is 2.75. The number of nitrogens with zero attached hydrogens (tertiary/aromatic N) is 3. The van der Waals surface area contributed by atoms with Crippen LogP contribution in [0.1, 0.15) is 49.2 Å². The number of alkyl halides is 3. The Morgan fingerprint density at radius 2 is 1.52 bits per heavy atom. The van der Waals surface area contributed by atoms with Crippen molar-refractivity contribution in [3.63, 3.8) is 0 Å². The summed E-state index contributed by atoms with van der Waals surface area (Å²) in [5.41, 5.74) is 1.30. The number of halogens is 3. The van der Waals surface area contributed by atoms with Crippen LogP contribution < -0.4 is 5.32 Å². The Labute approximate surface area is 231 Å². The molecule has 0 saturated carbocycles. The van der Waals surface area contributed by atoms with Gasteiger partial charge in [-0.1, -0.05) is 42.5 Å². The van der Waals surface area contributed by atoms with Gasteiger partial charge in [0.05, 0.1) is 34.6 Å². The van der Waals surface area contributed by atoms with Gasteiger partial charge in [-0.2, -0.15) is 13.2 Å². The number of benzene rings is 3. The third-order valence-corrected chi connectivity index (χ3v) is 6.54. The molecule has 1 unspecified atom stereocenters. The second kappa shape index (κ2) is 11.6. The molecule has 7 nitrogen and oxygen atoms in total. The van der Waals surface area contributed by atoms with Crippen molar-refractivity contribution in [3.8, 4) is 0 Å². The van der Waals surface area contributed by atoms with E-state index in [9.17, 15) is 27.6 Å². The Kier molecular flexibility index (Phi) is 8.18. The summed E-state index contributed by atoms with van der Waals surface area (Å²) in [5.74, 6) is -1.69. The largest absolute Gasteiger partial charge is 0.416 e. The molecule has 1 aliphatic rings. The first-order valence-corrected chi connectivity index (χ1v) is 12.4. The quantitative estimate of drug-likeness (QED) is 0.295. The third-order valence-electron chi connectivity index (χ3n) is 6.54. The number of nitrogens with one attached hydrogen (secondary N) is 1. The number of carbonyl (C=O) groups excluding carboxylic acids is 3. The van der Waals surface area contributed by atoms with Crippen LogP contribution in [0, 0.1) is 0 Å². The molecule has 0 saturated heterocycles. The standard InChI is InChI=1S/C30H27F3N4O3.H2/c1-34-17-26(36(2)3)19-12-14-20(15-13-19)27(38)35-22(16-21-8-4-7-11-25(21)30(31,32)33)18-37-28(39)23-9-5-6-10-24(23)29(37)40;/h4-15,17,22H,1,16,18H2,2-3H3,(H,35,38);1H/b26-17-;. The van der Waals surface area contributed by atoms with Crippen LogP contribution in [0.15, 0.2) is 84.0 Å². The molecule has 1 heterocycles. The number of amides is 3. The Morgan fingerprint density at radius 3 is 2.08 bits per heavy atom. The van der Waals surface area contributed by atoms with Gasteiger partial charge in [0.1, 0.15) is 0 Å². The van der Waals surface area contributed by atoms with Crippen molar-refractivity contribution < 1.29 is 29.0 Å². The topological polar surface area (TPSA) is 82.1 Å². The van der Waals surface area contributed by atoms with Gasteiger partial charge in [-0.3, -0.25) is 24.3 Å². The van der Waals surface area contributed by atoms with Gasteiger partial charge in [-0.05, 0) is 54.6 Å². The minimum atomic E-state index is -4.62. The molecular formula is C30H29F3N4O3. The summed E-state index contributed by atoms with van der Waals surface area (Å²) in [6.07, 6.45) is -3.30. The van der Waals surface area contributed by atoms with E-state index >= 15 is 0 Å². The van der Waals surface area contributed by atoms with Crippen molar-refractivity contribution >= 4 is 30.1 Å². The average Bonchev–Trinajstić information content (AvgIpc) is 3.16. The molecule has 1 atom stereocenters. The van der Waals surface area contributed by atoms with Crippen LogP contribution in [0.2, 0.25) is 0 Å². The minimum absolute atomic E-state index is 0. The van der Waals surface area contributed by atoms with Crippen LogP contribution in [-0.4, -0.2) is 60.9 Å². The molecule has 0 aliphatic carbocycles. The van der Waals surface area contributed by atoms with E-state index in [1.54, 1.807) is 42.6 Å². The van der Waals surface area contributed by atoms with E-state index < -0.39 is 35.5 Å². The Morgan fingerprint density at radius 1 is 0.975 bits per heavy atom. The summed E-state index contributed by atoms with van der Waals surface area (Å²) < 4.78 is 41.2. The molecule has 0 bridgehead atoms. The fourth-order valence-electron chi connectivity index (χ4n) is 4.62. The first-order valence-electron chi connectivity index (χ1n) is 12.4. The summed E-state index contributed by atoms with van der Waals surface area (Å²) in [6, 6.07) is 16.9. The maximum atomic E-state index is 13.7. The van der Waals surface area contributed by atoms with Crippen molar-refractivity contribution in [2.24, 2.45) is 4.99 Å². The molecule has 0 radical (unpaired) electrons. The second-order valence-corrected chi connectivity index (χ2v) is 9.46. The highest BCUT2D eigenvalue weighted by Gasteiger charge is 2.38. The van der Waals surface area contributed by atoms with Crippen LogP contribution in [0.5, 0.6) is 0 Å². The molecule has 10 heteroatoms. The van der Waals surface area contributed by atoms with Gasteiger partial charge in [-0.25, -0.2) is 0 Å². The molecule has 1 N–H and O–H groups in total. The van der Waals surface area contributed by atoms with Crippen LogP contribution in [0.25, 0.3) is 5.70 Å². The Hall–Kier alpha value is -4.73. The van der Waals surface area contributed by atoms with E-state index in [4.69, 9.17) is 0 Å². The van der Waals surface area contributed by atoms with E-state index in [0.717, 1.165) is 22.2 Å². The zero-order chi connectivity index (χ0) is 29.0. The number of fused-ring (bicyclic) bond motifs is 1. The molecule has 0 spiro atoms. The summed E-state index contributed by atoms with van der Waals surface area (Å²) in [4.78, 5) is 45.8. The van der Waals surface area contributed by atoms with Crippen molar-refractivity contribution in [1.82, 2.24) is 15.1 Å². The predicted octanol–water partition coefficient (Wildman–Crippen LogP) is 5.15. The lowest BCUT2D eigenvalue weighted by atomic mass is 9.99. The SMILES string of the molecule is C=N/C=C(/c1ccc(C(=O)NC(Cc2ccccc2C(F)(F)F)CN2C(=O)c3ccccc3C2=O)cc1)N(C)C.[HH]. The first-order chi connectivity index (χ1) is 19.0. The average molecular weight is 551 g/mol. The number of hydrogen-bond acceptors (Lipinski definition) is 5. The van der Waals surface area contributed by atoms with Crippen LogP contribution in [-0.2, 0) is 12.6 Å².